The van der Waals surface area contributed by atoms with E-state index in [0.717, 1.165) is 44.3 Å². The average molecular weight is 276 g/mol. The Labute approximate surface area is 121 Å². The van der Waals surface area contributed by atoms with Gasteiger partial charge in [0.2, 0.25) is 0 Å². The minimum atomic E-state index is -0.621. The first-order valence-corrected chi connectivity index (χ1v) is 7.54. The highest BCUT2D eigenvalue weighted by molar-refractivity contribution is 5.74. The molecular formula is C17H24O3. The van der Waals surface area contributed by atoms with Crippen molar-refractivity contribution in [2.45, 2.75) is 45.4 Å². The summed E-state index contributed by atoms with van der Waals surface area (Å²) in [7, 11) is 0. The molecule has 0 saturated heterocycles. The molecule has 0 bridgehead atoms. The van der Waals surface area contributed by atoms with E-state index in [2.05, 4.69) is 6.92 Å². The van der Waals surface area contributed by atoms with Gasteiger partial charge in [-0.1, -0.05) is 25.1 Å². The zero-order valence-electron chi connectivity index (χ0n) is 12.2. The van der Waals surface area contributed by atoms with Crippen LogP contribution in [0.3, 0.4) is 0 Å². The van der Waals surface area contributed by atoms with Crippen molar-refractivity contribution >= 4 is 5.97 Å². The Morgan fingerprint density at radius 2 is 1.95 bits per heavy atom. The maximum absolute atomic E-state index is 11.6. The van der Waals surface area contributed by atoms with Crippen molar-refractivity contribution in [1.29, 1.82) is 0 Å². The summed E-state index contributed by atoms with van der Waals surface area (Å²) in [6.07, 6.45) is 5.22. The summed E-state index contributed by atoms with van der Waals surface area (Å²) in [5, 5.41) is 9.55. The van der Waals surface area contributed by atoms with E-state index < -0.39 is 11.4 Å². The lowest BCUT2D eigenvalue weighted by molar-refractivity contribution is -0.152. The lowest BCUT2D eigenvalue weighted by Gasteiger charge is -2.35. The first kappa shape index (κ1) is 14.9. The Hall–Kier alpha value is -1.51. The standard InChI is InChI=1S/C17H24O3/c1-14-8-11-17(12-9-14,16(18)19)10-5-13-20-15-6-3-2-4-7-15/h2-4,6-7,14H,5,8-13H2,1H3,(H,18,19). The molecule has 0 aliphatic heterocycles. The number of hydrogen-bond acceptors (Lipinski definition) is 2. The molecule has 1 fully saturated rings. The van der Waals surface area contributed by atoms with Crippen LogP contribution in [0.25, 0.3) is 0 Å². The van der Waals surface area contributed by atoms with Gasteiger partial charge in [0.15, 0.2) is 0 Å². The van der Waals surface area contributed by atoms with Crippen LogP contribution >= 0.6 is 0 Å². The first-order valence-electron chi connectivity index (χ1n) is 7.54. The zero-order chi connectivity index (χ0) is 14.4. The van der Waals surface area contributed by atoms with Gasteiger partial charge in [0.1, 0.15) is 5.75 Å². The lowest BCUT2D eigenvalue weighted by atomic mass is 9.68. The van der Waals surface area contributed by atoms with Gasteiger partial charge in [-0.2, -0.15) is 0 Å². The molecule has 1 aromatic carbocycles. The number of carboxylic acid groups (broad SMARTS) is 1. The van der Waals surface area contributed by atoms with Crippen LogP contribution in [0.5, 0.6) is 5.75 Å². The topological polar surface area (TPSA) is 46.5 Å². The molecule has 110 valence electrons. The van der Waals surface area contributed by atoms with Crippen molar-refractivity contribution in [3.05, 3.63) is 30.3 Å². The second kappa shape index (κ2) is 6.78. The fourth-order valence-corrected chi connectivity index (χ4v) is 3.00. The molecule has 3 nitrogen and oxygen atoms in total. The minimum absolute atomic E-state index is 0.507. The molecule has 0 unspecified atom stereocenters. The Balaban J connectivity index is 1.80. The molecule has 0 atom stereocenters. The fourth-order valence-electron chi connectivity index (χ4n) is 3.00. The van der Waals surface area contributed by atoms with E-state index in [1.807, 2.05) is 30.3 Å². The highest BCUT2D eigenvalue weighted by Crippen LogP contribution is 2.42. The van der Waals surface area contributed by atoms with Crippen LogP contribution in [0.4, 0.5) is 0 Å². The number of ether oxygens (including phenoxy) is 1. The summed E-state index contributed by atoms with van der Waals surface area (Å²) in [6.45, 7) is 2.80. The third-order valence-corrected chi connectivity index (χ3v) is 4.50. The molecule has 0 amide bonds. The number of benzene rings is 1. The number of para-hydroxylation sites is 1. The van der Waals surface area contributed by atoms with Crippen molar-refractivity contribution in [1.82, 2.24) is 0 Å². The van der Waals surface area contributed by atoms with Gasteiger partial charge in [-0.05, 0) is 56.6 Å². The van der Waals surface area contributed by atoms with Crippen molar-refractivity contribution in [2.24, 2.45) is 11.3 Å². The predicted octanol–water partition coefficient (Wildman–Crippen LogP) is 4.13. The Kier molecular flexibility index (Phi) is 5.05. The van der Waals surface area contributed by atoms with Crippen molar-refractivity contribution in [2.75, 3.05) is 6.61 Å². The molecule has 1 aromatic rings. The smallest absolute Gasteiger partial charge is 0.309 e. The monoisotopic (exact) mass is 276 g/mol. The molecule has 20 heavy (non-hydrogen) atoms. The Bertz CT molecular complexity index is 419. The van der Waals surface area contributed by atoms with E-state index in [0.29, 0.717) is 12.5 Å². The van der Waals surface area contributed by atoms with E-state index in [9.17, 15) is 9.90 Å². The Morgan fingerprint density at radius 3 is 2.55 bits per heavy atom. The molecule has 0 heterocycles. The van der Waals surface area contributed by atoms with Gasteiger partial charge in [-0.25, -0.2) is 0 Å². The SMILES string of the molecule is CC1CCC(CCCOc2ccccc2)(C(=O)O)CC1. The number of rotatable bonds is 6. The Morgan fingerprint density at radius 1 is 1.30 bits per heavy atom. The van der Waals surface area contributed by atoms with Gasteiger partial charge in [0.05, 0.1) is 12.0 Å². The summed E-state index contributed by atoms with van der Waals surface area (Å²) in [5.74, 6) is 0.904. The predicted molar refractivity (Wildman–Crippen MR) is 78.9 cm³/mol. The van der Waals surface area contributed by atoms with Gasteiger partial charge in [0, 0.05) is 0 Å². The molecule has 1 aliphatic carbocycles. The third-order valence-electron chi connectivity index (χ3n) is 4.50. The quantitative estimate of drug-likeness (QED) is 0.795. The number of aliphatic carboxylic acids is 1. The van der Waals surface area contributed by atoms with E-state index in [1.54, 1.807) is 0 Å². The summed E-state index contributed by atoms with van der Waals surface area (Å²) in [5.41, 5.74) is -0.507. The average Bonchev–Trinajstić information content (AvgIpc) is 2.47. The molecule has 0 radical (unpaired) electrons. The minimum Gasteiger partial charge on any atom is -0.494 e. The van der Waals surface area contributed by atoms with Gasteiger partial charge >= 0.3 is 5.97 Å². The van der Waals surface area contributed by atoms with Crippen LogP contribution in [0.1, 0.15) is 45.4 Å². The summed E-state index contributed by atoms with van der Waals surface area (Å²) < 4.78 is 5.65. The zero-order valence-corrected chi connectivity index (χ0v) is 12.2. The van der Waals surface area contributed by atoms with E-state index in [4.69, 9.17) is 4.74 Å². The van der Waals surface area contributed by atoms with E-state index in [1.165, 1.54) is 0 Å². The normalized spacial score (nSPS) is 26.1. The highest BCUT2D eigenvalue weighted by atomic mass is 16.5. The third kappa shape index (κ3) is 3.75. The fraction of sp³-hybridized carbons (Fsp3) is 0.588. The number of hydrogen-bond donors (Lipinski definition) is 1. The molecule has 2 rings (SSSR count). The van der Waals surface area contributed by atoms with Gasteiger partial charge < -0.3 is 9.84 Å². The lowest BCUT2D eigenvalue weighted by Crippen LogP contribution is -2.35. The summed E-state index contributed by atoms with van der Waals surface area (Å²) in [4.78, 5) is 11.6. The molecule has 1 aliphatic rings. The molecule has 0 spiro atoms. The van der Waals surface area contributed by atoms with Crippen LogP contribution in [0.15, 0.2) is 30.3 Å². The molecule has 0 aromatic heterocycles. The maximum atomic E-state index is 11.6. The van der Waals surface area contributed by atoms with Crippen molar-refractivity contribution < 1.29 is 14.6 Å². The maximum Gasteiger partial charge on any atom is 0.309 e. The van der Waals surface area contributed by atoms with E-state index >= 15 is 0 Å². The molecular weight excluding hydrogens is 252 g/mol. The van der Waals surface area contributed by atoms with Crippen LogP contribution in [-0.4, -0.2) is 17.7 Å². The number of carboxylic acids is 1. The second-order valence-corrected chi connectivity index (χ2v) is 6.03. The van der Waals surface area contributed by atoms with Crippen LogP contribution in [0, 0.1) is 11.3 Å². The van der Waals surface area contributed by atoms with Gasteiger partial charge in [-0.3, -0.25) is 4.79 Å². The van der Waals surface area contributed by atoms with Gasteiger partial charge in [-0.15, -0.1) is 0 Å². The van der Waals surface area contributed by atoms with Crippen molar-refractivity contribution in [3.63, 3.8) is 0 Å². The second-order valence-electron chi connectivity index (χ2n) is 6.03. The first-order chi connectivity index (χ1) is 9.62. The highest BCUT2D eigenvalue weighted by Gasteiger charge is 2.40. The number of carbonyl (C=O) groups is 1. The molecule has 1 saturated carbocycles. The molecule has 1 N–H and O–H groups in total. The van der Waals surface area contributed by atoms with Crippen LogP contribution < -0.4 is 4.74 Å². The van der Waals surface area contributed by atoms with Crippen LogP contribution in [-0.2, 0) is 4.79 Å². The molecule has 3 heteroatoms. The van der Waals surface area contributed by atoms with E-state index in [-0.39, 0.29) is 0 Å². The largest absolute Gasteiger partial charge is 0.494 e. The summed E-state index contributed by atoms with van der Waals surface area (Å²) >= 11 is 0. The van der Waals surface area contributed by atoms with Crippen molar-refractivity contribution in [3.8, 4) is 5.75 Å². The van der Waals surface area contributed by atoms with Gasteiger partial charge in [0.25, 0.3) is 0 Å². The van der Waals surface area contributed by atoms with Crippen LogP contribution in [0.2, 0.25) is 0 Å². The summed E-state index contributed by atoms with van der Waals surface area (Å²) in [6, 6.07) is 9.69.